The zero-order chi connectivity index (χ0) is 36.8. The molecule has 0 saturated carbocycles. The fourth-order valence-electron chi connectivity index (χ4n) is 10.1. The number of para-hydroxylation sites is 1. The lowest BCUT2D eigenvalue weighted by Crippen LogP contribution is -2.26. The summed E-state index contributed by atoms with van der Waals surface area (Å²) in [5.74, 6) is 0. The van der Waals surface area contributed by atoms with Crippen LogP contribution in [0.5, 0.6) is 0 Å². The molecule has 7 aromatic carbocycles. The third-order valence-corrected chi connectivity index (χ3v) is 13.7. The lowest BCUT2D eigenvalue weighted by molar-refractivity contribution is 0.568. The zero-order valence-electron chi connectivity index (χ0n) is 30.8. The Morgan fingerprint density at radius 3 is 1.75 bits per heavy atom. The highest BCUT2D eigenvalue weighted by Gasteiger charge is 2.54. The summed E-state index contributed by atoms with van der Waals surface area (Å²) in [4.78, 5) is 2.69. The third-order valence-electron chi connectivity index (χ3n) is 12.4. The standard InChI is InChI=1S/C54H36OS/c1-2-13-37(14-3-1)53-50-49(44-18-6-10-23-47(44)54(50)45-21-8-4-15-40(45)41-16-5-9-22-46(41)54)52(56-53)38-31-27-35(28-32-38)33-34-25-29-36(30-26-34)39-19-12-20-43-42-17-7-11-24-48(42)55-51(39)43/h1-11,13-18,20-32H,12,19,33H2. The highest BCUT2D eigenvalue weighted by atomic mass is 32.1. The van der Waals surface area contributed by atoms with Crippen LogP contribution in [0.25, 0.3) is 65.8 Å². The first-order valence-corrected chi connectivity index (χ1v) is 20.5. The third kappa shape index (κ3) is 4.48. The molecule has 0 bridgehead atoms. The van der Waals surface area contributed by atoms with Crippen LogP contribution in [0.3, 0.4) is 0 Å². The van der Waals surface area contributed by atoms with Crippen molar-refractivity contribution in [3.05, 3.63) is 226 Å². The van der Waals surface area contributed by atoms with Crippen LogP contribution in [0, 0.1) is 0 Å². The number of thiophene rings is 1. The first kappa shape index (κ1) is 31.8. The minimum Gasteiger partial charge on any atom is -0.456 e. The Hall–Kier alpha value is -6.48. The van der Waals surface area contributed by atoms with Crippen molar-refractivity contribution in [2.45, 2.75) is 24.7 Å². The molecule has 264 valence electrons. The molecule has 9 aromatic rings. The van der Waals surface area contributed by atoms with Crippen molar-refractivity contribution >= 4 is 34.0 Å². The molecule has 56 heavy (non-hydrogen) atoms. The summed E-state index contributed by atoms with van der Waals surface area (Å²) in [6.45, 7) is 0. The highest BCUT2D eigenvalue weighted by molar-refractivity contribution is 7.19. The van der Waals surface area contributed by atoms with Crippen molar-refractivity contribution in [2.75, 3.05) is 0 Å². The van der Waals surface area contributed by atoms with E-state index in [4.69, 9.17) is 4.42 Å². The van der Waals surface area contributed by atoms with Gasteiger partial charge in [-0.15, -0.1) is 11.3 Å². The van der Waals surface area contributed by atoms with Gasteiger partial charge in [-0.25, -0.2) is 0 Å². The molecule has 0 saturated heterocycles. The van der Waals surface area contributed by atoms with Crippen LogP contribution in [-0.2, 0) is 11.8 Å². The van der Waals surface area contributed by atoms with Gasteiger partial charge in [0.25, 0.3) is 0 Å². The van der Waals surface area contributed by atoms with E-state index in [0.29, 0.717) is 0 Å². The molecule has 2 heteroatoms. The smallest absolute Gasteiger partial charge is 0.138 e. The Morgan fingerprint density at radius 2 is 1.05 bits per heavy atom. The van der Waals surface area contributed by atoms with Crippen molar-refractivity contribution in [2.24, 2.45) is 0 Å². The number of rotatable bonds is 5. The Morgan fingerprint density at radius 1 is 0.500 bits per heavy atom. The zero-order valence-corrected chi connectivity index (χ0v) is 31.6. The highest BCUT2D eigenvalue weighted by Crippen LogP contribution is 2.67. The molecule has 0 aliphatic heterocycles. The molecule has 0 unspecified atom stereocenters. The normalized spacial score (nSPS) is 14.2. The Labute approximate surface area is 330 Å². The van der Waals surface area contributed by atoms with E-state index in [1.807, 2.05) is 11.3 Å². The van der Waals surface area contributed by atoms with Crippen LogP contribution in [0.1, 0.15) is 51.8 Å². The van der Waals surface area contributed by atoms with E-state index in [1.165, 1.54) is 98.3 Å². The van der Waals surface area contributed by atoms with Crippen molar-refractivity contribution < 1.29 is 4.42 Å². The molecule has 0 N–H and O–H groups in total. The second kappa shape index (κ2) is 12.3. The molecule has 2 heterocycles. The summed E-state index contributed by atoms with van der Waals surface area (Å²) in [6.07, 6.45) is 5.25. The van der Waals surface area contributed by atoms with Gasteiger partial charge in [0.05, 0.1) is 5.41 Å². The first-order chi connectivity index (χ1) is 27.8. The molecule has 0 atom stereocenters. The number of hydrogen-bond donors (Lipinski definition) is 0. The van der Waals surface area contributed by atoms with Crippen LogP contribution >= 0.6 is 11.3 Å². The van der Waals surface area contributed by atoms with Crippen molar-refractivity contribution in [3.8, 4) is 43.1 Å². The quantitative estimate of drug-likeness (QED) is 0.172. The first-order valence-electron chi connectivity index (χ1n) is 19.7. The summed E-state index contributed by atoms with van der Waals surface area (Å²) in [5.41, 5.74) is 20.3. The molecule has 3 aliphatic rings. The van der Waals surface area contributed by atoms with E-state index in [0.717, 1.165) is 30.3 Å². The maximum Gasteiger partial charge on any atom is 0.138 e. The number of hydrogen-bond acceptors (Lipinski definition) is 2. The van der Waals surface area contributed by atoms with Crippen molar-refractivity contribution in [1.82, 2.24) is 0 Å². The molecular formula is C54H36OS. The monoisotopic (exact) mass is 732 g/mol. The second-order valence-electron chi connectivity index (χ2n) is 15.4. The van der Waals surface area contributed by atoms with Crippen LogP contribution < -0.4 is 10.6 Å². The van der Waals surface area contributed by atoms with Gasteiger partial charge < -0.3 is 4.42 Å². The molecule has 0 amide bonds. The maximum atomic E-state index is 6.40. The van der Waals surface area contributed by atoms with Gasteiger partial charge in [-0.2, -0.15) is 0 Å². The fourth-order valence-corrected chi connectivity index (χ4v) is 11.5. The van der Waals surface area contributed by atoms with E-state index in [-0.39, 0.29) is 5.41 Å². The Balaban J connectivity index is 0.953. The minimum absolute atomic E-state index is 0.384. The van der Waals surface area contributed by atoms with Crippen LogP contribution in [0.15, 0.2) is 180 Å². The van der Waals surface area contributed by atoms with Gasteiger partial charge in [0, 0.05) is 31.5 Å². The van der Waals surface area contributed by atoms with Crippen LogP contribution in [0.4, 0.5) is 0 Å². The van der Waals surface area contributed by atoms with Gasteiger partial charge in [0.1, 0.15) is 11.0 Å². The SMILES string of the molecule is C1=c2c(oc3ccccc23)=C(c2ccc(Cc3ccc(-c4sc(-c5ccccc5)c5c4-c4ccccc4C54c5ccccc5-c5ccccc54)cc3)cc2)CC1. The molecule has 1 spiro atoms. The lowest BCUT2D eigenvalue weighted by atomic mass is 9.70. The molecular weight excluding hydrogens is 697 g/mol. The number of benzene rings is 7. The molecule has 0 fully saturated rings. The van der Waals surface area contributed by atoms with E-state index >= 15 is 0 Å². The Bertz CT molecular complexity index is 3090. The van der Waals surface area contributed by atoms with E-state index in [9.17, 15) is 0 Å². The largest absolute Gasteiger partial charge is 0.456 e. The van der Waals surface area contributed by atoms with Gasteiger partial charge in [-0.1, -0.05) is 176 Å². The summed E-state index contributed by atoms with van der Waals surface area (Å²) in [5, 5.41) is 2.45. The number of furan rings is 1. The average Bonchev–Trinajstić information content (AvgIpc) is 4.00. The molecule has 0 radical (unpaired) electrons. The maximum absolute atomic E-state index is 6.40. The predicted octanol–water partition coefficient (Wildman–Crippen LogP) is 12.5. The van der Waals surface area contributed by atoms with E-state index < -0.39 is 0 Å². The van der Waals surface area contributed by atoms with E-state index in [1.54, 1.807) is 0 Å². The predicted molar refractivity (Wildman–Crippen MR) is 232 cm³/mol. The Kier molecular flexibility index (Phi) is 6.97. The van der Waals surface area contributed by atoms with Gasteiger partial charge in [0.2, 0.25) is 0 Å². The lowest BCUT2D eigenvalue weighted by Gasteiger charge is -2.31. The van der Waals surface area contributed by atoms with Crippen LogP contribution in [-0.4, -0.2) is 0 Å². The van der Waals surface area contributed by atoms with Gasteiger partial charge in [0.15, 0.2) is 0 Å². The fraction of sp³-hybridized carbons (Fsp3) is 0.0741. The minimum atomic E-state index is -0.384. The topological polar surface area (TPSA) is 13.1 Å². The van der Waals surface area contributed by atoms with Gasteiger partial charge in [-0.05, 0) is 92.1 Å². The molecule has 12 rings (SSSR count). The number of fused-ring (bicyclic) bond motifs is 13. The molecule has 2 aromatic heterocycles. The average molecular weight is 733 g/mol. The molecule has 3 aliphatic carbocycles. The van der Waals surface area contributed by atoms with Crippen molar-refractivity contribution in [3.63, 3.8) is 0 Å². The second-order valence-corrected chi connectivity index (χ2v) is 16.4. The van der Waals surface area contributed by atoms with Gasteiger partial charge >= 0.3 is 0 Å². The molecule has 1 nitrogen and oxygen atoms in total. The van der Waals surface area contributed by atoms with Crippen LogP contribution in [0.2, 0.25) is 0 Å². The summed E-state index contributed by atoms with van der Waals surface area (Å²) < 4.78 is 6.40. The van der Waals surface area contributed by atoms with Gasteiger partial charge in [-0.3, -0.25) is 0 Å². The summed E-state index contributed by atoms with van der Waals surface area (Å²) in [6, 6.07) is 65.4. The van der Waals surface area contributed by atoms with Crippen molar-refractivity contribution in [1.29, 1.82) is 0 Å². The summed E-state index contributed by atoms with van der Waals surface area (Å²) in [7, 11) is 0. The summed E-state index contributed by atoms with van der Waals surface area (Å²) >= 11 is 1.95. The van der Waals surface area contributed by atoms with E-state index in [2.05, 4.69) is 182 Å².